The molecule has 0 amide bonds. The SMILES string of the molecule is CCCc1sc(S(N)(=O)=O)cc1N. The molecule has 1 aromatic rings. The Balaban J connectivity index is 3.09. The van der Waals surface area contributed by atoms with Gasteiger partial charge in [-0.05, 0) is 12.5 Å². The Labute approximate surface area is 81.6 Å². The molecule has 74 valence electrons. The zero-order valence-corrected chi connectivity index (χ0v) is 8.91. The van der Waals surface area contributed by atoms with Crippen molar-refractivity contribution in [2.45, 2.75) is 24.0 Å². The molecule has 0 atom stereocenters. The molecule has 0 bridgehead atoms. The van der Waals surface area contributed by atoms with E-state index < -0.39 is 10.0 Å². The number of rotatable bonds is 3. The van der Waals surface area contributed by atoms with Crippen LogP contribution >= 0.6 is 11.3 Å². The van der Waals surface area contributed by atoms with Gasteiger partial charge in [0.1, 0.15) is 4.21 Å². The maximum absolute atomic E-state index is 10.9. The molecule has 1 aromatic heterocycles. The second kappa shape index (κ2) is 3.65. The van der Waals surface area contributed by atoms with Gasteiger partial charge in [-0.25, -0.2) is 13.6 Å². The number of anilines is 1. The first-order valence-electron chi connectivity index (χ1n) is 3.86. The number of hydrogen-bond donors (Lipinski definition) is 2. The average molecular weight is 220 g/mol. The molecular weight excluding hydrogens is 208 g/mol. The van der Waals surface area contributed by atoms with Crippen molar-refractivity contribution in [3.63, 3.8) is 0 Å². The van der Waals surface area contributed by atoms with Crippen LogP contribution in [0.1, 0.15) is 18.2 Å². The molecule has 0 radical (unpaired) electrons. The maximum Gasteiger partial charge on any atom is 0.247 e. The summed E-state index contributed by atoms with van der Waals surface area (Å²) in [5.41, 5.74) is 6.14. The predicted molar refractivity (Wildman–Crippen MR) is 54.1 cm³/mol. The highest BCUT2D eigenvalue weighted by molar-refractivity contribution is 7.91. The van der Waals surface area contributed by atoms with E-state index in [2.05, 4.69) is 0 Å². The normalized spacial score (nSPS) is 11.8. The summed E-state index contributed by atoms with van der Waals surface area (Å²) in [7, 11) is -3.58. The van der Waals surface area contributed by atoms with E-state index in [1.807, 2.05) is 6.92 Å². The van der Waals surface area contributed by atoms with Crippen LogP contribution in [0.4, 0.5) is 5.69 Å². The second-order valence-corrected chi connectivity index (χ2v) is 5.66. The fourth-order valence-electron chi connectivity index (χ4n) is 0.980. The van der Waals surface area contributed by atoms with Gasteiger partial charge < -0.3 is 5.73 Å². The molecule has 0 aromatic carbocycles. The van der Waals surface area contributed by atoms with Gasteiger partial charge in [-0.1, -0.05) is 13.3 Å². The summed E-state index contributed by atoms with van der Waals surface area (Å²) in [6.45, 7) is 2.01. The van der Waals surface area contributed by atoms with E-state index in [-0.39, 0.29) is 4.21 Å². The van der Waals surface area contributed by atoms with Crippen molar-refractivity contribution in [3.8, 4) is 0 Å². The summed E-state index contributed by atoms with van der Waals surface area (Å²) in [5.74, 6) is 0. The lowest BCUT2D eigenvalue weighted by Crippen LogP contribution is -2.09. The first kappa shape index (κ1) is 10.5. The Morgan fingerprint density at radius 1 is 1.54 bits per heavy atom. The van der Waals surface area contributed by atoms with Crippen LogP contribution in [0.2, 0.25) is 0 Å². The minimum absolute atomic E-state index is 0.147. The largest absolute Gasteiger partial charge is 0.398 e. The van der Waals surface area contributed by atoms with E-state index in [9.17, 15) is 8.42 Å². The number of sulfonamides is 1. The third-order valence-corrected chi connectivity index (χ3v) is 4.21. The third-order valence-electron chi connectivity index (χ3n) is 1.58. The summed E-state index contributed by atoms with van der Waals surface area (Å²) in [5, 5.41) is 4.96. The van der Waals surface area contributed by atoms with Crippen molar-refractivity contribution in [1.82, 2.24) is 0 Å². The standard InChI is InChI=1S/C7H12N2O2S2/c1-2-3-6-5(8)4-7(12-6)13(9,10)11/h4H,2-3,8H2,1H3,(H2,9,10,11). The molecule has 1 heterocycles. The Kier molecular flexibility index (Phi) is 2.94. The van der Waals surface area contributed by atoms with Gasteiger partial charge in [0.25, 0.3) is 0 Å². The van der Waals surface area contributed by atoms with Gasteiger partial charge in [-0.2, -0.15) is 0 Å². The van der Waals surface area contributed by atoms with Gasteiger partial charge >= 0.3 is 0 Å². The topological polar surface area (TPSA) is 86.2 Å². The number of nitrogen functional groups attached to an aromatic ring is 1. The van der Waals surface area contributed by atoms with Gasteiger partial charge in [-0.3, -0.25) is 0 Å². The molecule has 6 heteroatoms. The number of primary sulfonamides is 1. The van der Waals surface area contributed by atoms with E-state index in [0.717, 1.165) is 29.1 Å². The minimum atomic E-state index is -3.58. The minimum Gasteiger partial charge on any atom is -0.398 e. The highest BCUT2D eigenvalue weighted by Crippen LogP contribution is 2.28. The summed E-state index contributed by atoms with van der Waals surface area (Å²) in [4.78, 5) is 0.895. The number of hydrogen-bond acceptors (Lipinski definition) is 4. The van der Waals surface area contributed by atoms with Crippen molar-refractivity contribution in [1.29, 1.82) is 0 Å². The molecule has 1 rings (SSSR count). The van der Waals surface area contributed by atoms with Crippen molar-refractivity contribution in [3.05, 3.63) is 10.9 Å². The Morgan fingerprint density at radius 2 is 2.15 bits per heavy atom. The molecule has 0 spiro atoms. The van der Waals surface area contributed by atoms with Gasteiger partial charge in [0.15, 0.2) is 0 Å². The monoisotopic (exact) mass is 220 g/mol. The highest BCUT2D eigenvalue weighted by atomic mass is 32.2. The van der Waals surface area contributed by atoms with Crippen LogP contribution in [0.3, 0.4) is 0 Å². The molecule has 0 saturated heterocycles. The smallest absolute Gasteiger partial charge is 0.247 e. The molecule has 4 nitrogen and oxygen atoms in total. The van der Waals surface area contributed by atoms with Gasteiger partial charge in [0.2, 0.25) is 10.0 Å². The predicted octanol–water partition coefficient (Wildman–Crippen LogP) is 0.930. The first-order chi connectivity index (χ1) is 5.95. The molecule has 0 saturated carbocycles. The first-order valence-corrected chi connectivity index (χ1v) is 6.22. The molecule has 0 fully saturated rings. The van der Waals surface area contributed by atoms with Gasteiger partial charge in [-0.15, -0.1) is 11.3 Å². The Bertz CT molecular complexity index is 395. The van der Waals surface area contributed by atoms with E-state index >= 15 is 0 Å². The number of thiophene rings is 1. The van der Waals surface area contributed by atoms with Crippen molar-refractivity contribution < 1.29 is 8.42 Å². The van der Waals surface area contributed by atoms with Gasteiger partial charge in [0.05, 0.1) is 0 Å². The number of nitrogens with two attached hydrogens (primary N) is 2. The Morgan fingerprint density at radius 3 is 2.54 bits per heavy atom. The third kappa shape index (κ3) is 2.43. The summed E-state index contributed by atoms with van der Waals surface area (Å²) >= 11 is 1.15. The molecule has 0 aliphatic carbocycles. The van der Waals surface area contributed by atoms with Crippen molar-refractivity contribution in [2.24, 2.45) is 5.14 Å². The van der Waals surface area contributed by atoms with Gasteiger partial charge in [0, 0.05) is 10.6 Å². The lowest BCUT2D eigenvalue weighted by Gasteiger charge is -1.92. The maximum atomic E-state index is 10.9. The molecular formula is C7H12N2O2S2. The van der Waals surface area contributed by atoms with Crippen LogP contribution in [-0.2, 0) is 16.4 Å². The van der Waals surface area contributed by atoms with Crippen molar-refractivity contribution in [2.75, 3.05) is 5.73 Å². The summed E-state index contributed by atoms with van der Waals surface area (Å²) < 4.78 is 22.0. The summed E-state index contributed by atoms with van der Waals surface area (Å²) in [6, 6.07) is 1.42. The fourth-order valence-corrected chi connectivity index (χ4v) is 2.95. The van der Waals surface area contributed by atoms with Crippen LogP contribution in [0.15, 0.2) is 10.3 Å². The van der Waals surface area contributed by atoms with Crippen LogP contribution in [0.5, 0.6) is 0 Å². The zero-order chi connectivity index (χ0) is 10.1. The van der Waals surface area contributed by atoms with E-state index in [0.29, 0.717) is 5.69 Å². The fraction of sp³-hybridized carbons (Fsp3) is 0.429. The molecule has 0 aliphatic rings. The van der Waals surface area contributed by atoms with Crippen LogP contribution in [0.25, 0.3) is 0 Å². The van der Waals surface area contributed by atoms with E-state index in [4.69, 9.17) is 10.9 Å². The van der Waals surface area contributed by atoms with Crippen molar-refractivity contribution >= 4 is 27.0 Å². The van der Waals surface area contributed by atoms with E-state index in [1.54, 1.807) is 0 Å². The lowest BCUT2D eigenvalue weighted by atomic mass is 10.3. The molecule has 13 heavy (non-hydrogen) atoms. The highest BCUT2D eigenvalue weighted by Gasteiger charge is 2.14. The molecule has 0 aliphatic heterocycles. The quantitative estimate of drug-likeness (QED) is 0.794. The van der Waals surface area contributed by atoms with Crippen LogP contribution < -0.4 is 10.9 Å². The Hall–Kier alpha value is -0.590. The molecule has 4 N–H and O–H groups in total. The summed E-state index contributed by atoms with van der Waals surface area (Å²) in [6.07, 6.45) is 1.74. The van der Waals surface area contributed by atoms with E-state index in [1.165, 1.54) is 6.07 Å². The zero-order valence-electron chi connectivity index (χ0n) is 7.28. The molecule has 0 unspecified atom stereocenters. The number of aryl methyl sites for hydroxylation is 1. The second-order valence-electron chi connectivity index (χ2n) is 2.74. The van der Waals surface area contributed by atoms with Crippen LogP contribution in [-0.4, -0.2) is 8.42 Å². The average Bonchev–Trinajstić information content (AvgIpc) is 2.32. The lowest BCUT2D eigenvalue weighted by molar-refractivity contribution is 0.600. The van der Waals surface area contributed by atoms with Crippen LogP contribution in [0, 0.1) is 0 Å².